The highest BCUT2D eigenvalue weighted by Crippen LogP contribution is 2.16. The smallest absolute Gasteiger partial charge is 0.191 e. The van der Waals surface area contributed by atoms with Crippen LogP contribution in [0.1, 0.15) is 44.7 Å². The fraction of sp³-hybridized carbons (Fsp3) is 0.632. The van der Waals surface area contributed by atoms with Gasteiger partial charge in [0.25, 0.3) is 0 Å². The molecule has 2 N–H and O–H groups in total. The van der Waals surface area contributed by atoms with Gasteiger partial charge in [0.1, 0.15) is 0 Å². The normalized spacial score (nSPS) is 16.5. The summed E-state index contributed by atoms with van der Waals surface area (Å²) in [5.41, 5.74) is 0.664. The summed E-state index contributed by atoms with van der Waals surface area (Å²) in [5.74, 6) is -1.04. The van der Waals surface area contributed by atoms with E-state index in [9.17, 15) is 8.78 Å². The first-order chi connectivity index (χ1) is 12.6. The van der Waals surface area contributed by atoms with Gasteiger partial charge in [0.15, 0.2) is 17.6 Å². The zero-order chi connectivity index (χ0) is 18.8. The van der Waals surface area contributed by atoms with E-state index in [1.807, 2.05) is 13.8 Å². The first-order valence-electron chi connectivity index (χ1n) is 9.29. The van der Waals surface area contributed by atoms with Crippen LogP contribution in [0.2, 0.25) is 0 Å². The Hall–Kier alpha value is -1.00. The summed E-state index contributed by atoms with van der Waals surface area (Å²) in [6.45, 7) is 7.43. The largest absolute Gasteiger partial charge is 0.381 e. The van der Waals surface area contributed by atoms with Crippen LogP contribution < -0.4 is 10.6 Å². The number of nitrogens with zero attached hydrogens (tertiary/aromatic N) is 1. The maximum absolute atomic E-state index is 13.4. The van der Waals surface area contributed by atoms with Crippen molar-refractivity contribution >= 4 is 29.9 Å². The average molecular weight is 497 g/mol. The number of ether oxygens (including phenoxy) is 2. The predicted molar refractivity (Wildman–Crippen MR) is 114 cm³/mol. The molecule has 0 aromatic heterocycles. The van der Waals surface area contributed by atoms with Crippen molar-refractivity contribution in [1.29, 1.82) is 0 Å². The lowest BCUT2D eigenvalue weighted by molar-refractivity contribution is -0.0318. The molecule has 2 rings (SSSR count). The number of aliphatic imine (C=N–C) groups is 1. The molecule has 5 nitrogen and oxygen atoms in total. The van der Waals surface area contributed by atoms with E-state index >= 15 is 0 Å². The van der Waals surface area contributed by atoms with Crippen LogP contribution in [0.5, 0.6) is 0 Å². The molecule has 1 aromatic rings. The molecule has 8 heteroatoms. The van der Waals surface area contributed by atoms with E-state index in [1.54, 1.807) is 6.07 Å². The molecule has 0 aliphatic carbocycles. The van der Waals surface area contributed by atoms with Gasteiger partial charge in [-0.05, 0) is 50.8 Å². The molecule has 0 spiro atoms. The summed E-state index contributed by atoms with van der Waals surface area (Å²) < 4.78 is 37.6. The Morgan fingerprint density at radius 2 is 2.04 bits per heavy atom. The molecular weight excluding hydrogens is 467 g/mol. The van der Waals surface area contributed by atoms with Gasteiger partial charge in [0.2, 0.25) is 0 Å². The predicted octanol–water partition coefficient (Wildman–Crippen LogP) is 3.78. The summed E-state index contributed by atoms with van der Waals surface area (Å²) in [5, 5.41) is 6.38. The van der Waals surface area contributed by atoms with Gasteiger partial charge < -0.3 is 20.1 Å². The van der Waals surface area contributed by atoms with Gasteiger partial charge in [-0.3, -0.25) is 4.99 Å². The molecule has 1 atom stereocenters. The van der Waals surface area contributed by atoms with Crippen molar-refractivity contribution in [2.45, 2.75) is 45.3 Å². The van der Waals surface area contributed by atoms with Crippen molar-refractivity contribution in [3.63, 3.8) is 0 Å². The van der Waals surface area contributed by atoms with Crippen LogP contribution in [0, 0.1) is 11.6 Å². The lowest BCUT2D eigenvalue weighted by Gasteiger charge is -2.22. The van der Waals surface area contributed by atoms with E-state index in [-0.39, 0.29) is 30.0 Å². The number of nitrogens with one attached hydrogen (secondary N) is 2. The third kappa shape index (κ3) is 8.69. The second-order valence-corrected chi connectivity index (χ2v) is 6.34. The Morgan fingerprint density at radius 1 is 1.30 bits per heavy atom. The minimum Gasteiger partial charge on any atom is -0.381 e. The molecule has 0 radical (unpaired) electrons. The van der Waals surface area contributed by atoms with Crippen LogP contribution in [0.15, 0.2) is 23.2 Å². The van der Waals surface area contributed by atoms with Crippen molar-refractivity contribution in [3.05, 3.63) is 35.4 Å². The molecule has 1 heterocycles. The van der Waals surface area contributed by atoms with E-state index in [0.717, 1.165) is 45.1 Å². The molecule has 0 saturated carbocycles. The number of hydrogen-bond donors (Lipinski definition) is 2. The molecule has 1 aromatic carbocycles. The van der Waals surface area contributed by atoms with Crippen LogP contribution in [-0.4, -0.2) is 45.0 Å². The SMILES string of the molecule is CCNC(=NCCCOC1CCOCC1)NC(C)c1ccc(F)c(F)c1.I. The molecule has 154 valence electrons. The number of guanidine groups is 1. The average Bonchev–Trinajstić information content (AvgIpc) is 2.64. The summed E-state index contributed by atoms with van der Waals surface area (Å²) in [6, 6.07) is 3.72. The molecule has 1 fully saturated rings. The summed E-state index contributed by atoms with van der Waals surface area (Å²) in [7, 11) is 0. The fourth-order valence-electron chi connectivity index (χ4n) is 2.74. The van der Waals surface area contributed by atoms with Crippen molar-refractivity contribution in [2.24, 2.45) is 4.99 Å². The third-order valence-corrected chi connectivity index (χ3v) is 4.24. The highest BCUT2D eigenvalue weighted by Gasteiger charge is 2.13. The van der Waals surface area contributed by atoms with Crippen molar-refractivity contribution < 1.29 is 18.3 Å². The van der Waals surface area contributed by atoms with E-state index in [4.69, 9.17) is 9.47 Å². The number of rotatable bonds is 8. The lowest BCUT2D eigenvalue weighted by Crippen LogP contribution is -2.38. The van der Waals surface area contributed by atoms with Gasteiger partial charge in [-0.15, -0.1) is 24.0 Å². The quantitative estimate of drug-likeness (QED) is 0.249. The van der Waals surface area contributed by atoms with Crippen molar-refractivity contribution in [3.8, 4) is 0 Å². The number of benzene rings is 1. The van der Waals surface area contributed by atoms with Gasteiger partial charge in [-0.25, -0.2) is 8.78 Å². The monoisotopic (exact) mass is 497 g/mol. The van der Waals surface area contributed by atoms with Gasteiger partial charge in [0.05, 0.1) is 12.1 Å². The Bertz CT molecular complexity index is 584. The Kier molecular flexibility index (Phi) is 11.8. The second kappa shape index (κ2) is 13.2. The van der Waals surface area contributed by atoms with Crippen molar-refractivity contribution in [1.82, 2.24) is 10.6 Å². The molecule has 27 heavy (non-hydrogen) atoms. The third-order valence-electron chi connectivity index (χ3n) is 4.24. The van der Waals surface area contributed by atoms with E-state index in [1.165, 1.54) is 6.07 Å². The van der Waals surface area contributed by atoms with E-state index < -0.39 is 11.6 Å². The Balaban J connectivity index is 0.00000364. The first kappa shape index (κ1) is 24.0. The zero-order valence-electron chi connectivity index (χ0n) is 16.0. The maximum Gasteiger partial charge on any atom is 0.191 e. The summed E-state index contributed by atoms with van der Waals surface area (Å²) in [4.78, 5) is 4.52. The van der Waals surface area contributed by atoms with Gasteiger partial charge in [0, 0.05) is 32.9 Å². The highest BCUT2D eigenvalue weighted by molar-refractivity contribution is 14.0. The van der Waals surface area contributed by atoms with Crippen LogP contribution in [0.4, 0.5) is 8.78 Å². The van der Waals surface area contributed by atoms with E-state index in [0.29, 0.717) is 30.8 Å². The fourth-order valence-corrected chi connectivity index (χ4v) is 2.74. The Labute approximate surface area is 177 Å². The molecular formula is C19H30F2IN3O2. The standard InChI is InChI=1S/C19H29F2N3O2.HI/c1-3-22-19(23-9-4-10-26-16-7-11-25-12-8-16)24-14(2)15-5-6-17(20)18(21)13-15;/h5-6,13-14,16H,3-4,7-12H2,1-2H3,(H2,22,23,24);1H. The van der Waals surface area contributed by atoms with Crippen LogP contribution >= 0.6 is 24.0 Å². The second-order valence-electron chi connectivity index (χ2n) is 6.34. The van der Waals surface area contributed by atoms with Crippen LogP contribution in [0.3, 0.4) is 0 Å². The molecule has 1 saturated heterocycles. The molecule has 1 unspecified atom stereocenters. The van der Waals surface area contributed by atoms with Gasteiger partial charge >= 0.3 is 0 Å². The topological polar surface area (TPSA) is 54.9 Å². The maximum atomic E-state index is 13.4. The highest BCUT2D eigenvalue weighted by atomic mass is 127. The number of hydrogen-bond acceptors (Lipinski definition) is 3. The van der Waals surface area contributed by atoms with Crippen LogP contribution in [-0.2, 0) is 9.47 Å². The van der Waals surface area contributed by atoms with Gasteiger partial charge in [-0.1, -0.05) is 6.07 Å². The molecule has 0 amide bonds. The molecule has 0 bridgehead atoms. The molecule has 1 aliphatic rings. The van der Waals surface area contributed by atoms with Gasteiger partial charge in [-0.2, -0.15) is 0 Å². The van der Waals surface area contributed by atoms with E-state index in [2.05, 4.69) is 15.6 Å². The molecule has 1 aliphatic heterocycles. The Morgan fingerprint density at radius 3 is 2.70 bits per heavy atom. The minimum atomic E-state index is -0.844. The van der Waals surface area contributed by atoms with Crippen molar-refractivity contribution in [2.75, 3.05) is 32.9 Å². The lowest BCUT2D eigenvalue weighted by atomic mass is 10.1. The first-order valence-corrected chi connectivity index (χ1v) is 9.29. The minimum absolute atomic E-state index is 0. The van der Waals surface area contributed by atoms with Crippen LogP contribution in [0.25, 0.3) is 0 Å². The summed E-state index contributed by atoms with van der Waals surface area (Å²) >= 11 is 0. The summed E-state index contributed by atoms with van der Waals surface area (Å²) in [6.07, 6.45) is 3.04. The zero-order valence-corrected chi connectivity index (χ0v) is 18.3. The number of halogens is 3.